The summed E-state index contributed by atoms with van der Waals surface area (Å²) < 4.78 is 3.22. The second-order valence-electron chi connectivity index (χ2n) is 4.41. The normalized spacial score (nSPS) is 11.3. The Bertz CT molecular complexity index is 702. The van der Waals surface area contributed by atoms with Gasteiger partial charge in [-0.05, 0) is 34.5 Å². The number of nitrogens with zero attached hydrogens (tertiary/aromatic N) is 3. The maximum absolute atomic E-state index is 4.75. The molecule has 19 heavy (non-hydrogen) atoms. The first-order valence-electron chi connectivity index (χ1n) is 6.32. The van der Waals surface area contributed by atoms with Gasteiger partial charge in [0.1, 0.15) is 15.4 Å². The predicted molar refractivity (Wildman–Crippen MR) is 82.6 cm³/mol. The third kappa shape index (κ3) is 2.58. The van der Waals surface area contributed by atoms with Crippen LogP contribution >= 0.6 is 27.3 Å². The quantitative estimate of drug-likeness (QED) is 0.713. The average Bonchev–Trinajstić information content (AvgIpc) is 2.96. The van der Waals surface area contributed by atoms with Gasteiger partial charge in [-0.1, -0.05) is 19.1 Å². The van der Waals surface area contributed by atoms with E-state index in [4.69, 9.17) is 4.98 Å². The fourth-order valence-corrected chi connectivity index (χ4v) is 3.50. The van der Waals surface area contributed by atoms with Crippen molar-refractivity contribution < 1.29 is 0 Å². The number of aromatic nitrogens is 3. The lowest BCUT2D eigenvalue weighted by Crippen LogP contribution is -2.04. The lowest BCUT2D eigenvalue weighted by Gasteiger charge is -2.06. The molecule has 0 saturated heterocycles. The Kier molecular flexibility index (Phi) is 3.66. The Morgan fingerprint density at radius 3 is 2.84 bits per heavy atom. The molecule has 0 unspecified atom stereocenters. The minimum Gasteiger partial charge on any atom is -0.328 e. The molecule has 5 heteroatoms. The summed E-state index contributed by atoms with van der Waals surface area (Å²) in [5.41, 5.74) is 2.29. The lowest BCUT2D eigenvalue weighted by molar-refractivity contribution is 0.663. The summed E-state index contributed by atoms with van der Waals surface area (Å²) >= 11 is 5.07. The van der Waals surface area contributed by atoms with Gasteiger partial charge < -0.3 is 4.57 Å². The Balaban J connectivity index is 2.04. The van der Waals surface area contributed by atoms with Crippen molar-refractivity contribution in [1.82, 2.24) is 14.5 Å². The molecule has 0 fully saturated rings. The number of benzene rings is 1. The number of hydrogen-bond donors (Lipinski definition) is 0. The molecule has 0 atom stereocenters. The van der Waals surface area contributed by atoms with Gasteiger partial charge in [0.2, 0.25) is 0 Å². The number of imidazole rings is 1. The summed E-state index contributed by atoms with van der Waals surface area (Å²) in [7, 11) is 0. The van der Waals surface area contributed by atoms with Crippen LogP contribution in [0.25, 0.3) is 11.0 Å². The summed E-state index contributed by atoms with van der Waals surface area (Å²) in [5.74, 6) is 1.10. The van der Waals surface area contributed by atoms with Crippen LogP contribution in [0.2, 0.25) is 0 Å². The van der Waals surface area contributed by atoms with E-state index in [0.29, 0.717) is 0 Å². The molecular formula is C14H14BrN3S. The molecular weight excluding hydrogens is 322 g/mol. The summed E-state index contributed by atoms with van der Waals surface area (Å²) in [6, 6.07) is 8.32. The fraction of sp³-hybridized carbons (Fsp3) is 0.286. The van der Waals surface area contributed by atoms with Crippen molar-refractivity contribution in [2.75, 3.05) is 0 Å². The Hall–Kier alpha value is -1.20. The first-order valence-corrected chi connectivity index (χ1v) is 7.99. The molecule has 0 spiro atoms. The SMILES string of the molecule is CCCn1c(Cc2nc(Br)cs2)nc2ccccc21. The molecule has 2 heterocycles. The fourth-order valence-electron chi connectivity index (χ4n) is 2.24. The van der Waals surface area contributed by atoms with E-state index in [9.17, 15) is 0 Å². The van der Waals surface area contributed by atoms with Crippen LogP contribution < -0.4 is 0 Å². The molecule has 0 aliphatic heterocycles. The van der Waals surface area contributed by atoms with Crippen molar-refractivity contribution in [3.63, 3.8) is 0 Å². The lowest BCUT2D eigenvalue weighted by atomic mass is 10.3. The van der Waals surface area contributed by atoms with Crippen LogP contribution in [0.1, 0.15) is 24.2 Å². The standard InChI is InChI=1S/C14H14BrN3S/c1-2-7-18-11-6-4-3-5-10(11)16-13(18)8-14-17-12(15)9-19-14/h3-6,9H,2,7-8H2,1H3. The Labute approximate surface area is 124 Å². The highest BCUT2D eigenvalue weighted by Crippen LogP contribution is 2.22. The van der Waals surface area contributed by atoms with Gasteiger partial charge in [-0.15, -0.1) is 11.3 Å². The maximum Gasteiger partial charge on any atom is 0.117 e. The van der Waals surface area contributed by atoms with Gasteiger partial charge in [0.05, 0.1) is 17.5 Å². The van der Waals surface area contributed by atoms with Crippen LogP contribution in [0.3, 0.4) is 0 Å². The van der Waals surface area contributed by atoms with Crippen molar-refractivity contribution in [3.05, 3.63) is 45.1 Å². The molecule has 98 valence electrons. The van der Waals surface area contributed by atoms with E-state index >= 15 is 0 Å². The summed E-state index contributed by atoms with van der Waals surface area (Å²) in [6.07, 6.45) is 1.90. The minimum absolute atomic E-state index is 0.797. The second-order valence-corrected chi connectivity index (χ2v) is 6.16. The largest absolute Gasteiger partial charge is 0.328 e. The zero-order valence-corrected chi connectivity index (χ0v) is 13.0. The number of fused-ring (bicyclic) bond motifs is 1. The van der Waals surface area contributed by atoms with Crippen LogP contribution in [0.5, 0.6) is 0 Å². The number of aryl methyl sites for hydroxylation is 1. The van der Waals surface area contributed by atoms with Crippen LogP contribution in [-0.2, 0) is 13.0 Å². The molecule has 3 nitrogen and oxygen atoms in total. The molecule has 0 radical (unpaired) electrons. The number of halogens is 1. The van der Waals surface area contributed by atoms with E-state index in [2.05, 4.69) is 50.6 Å². The van der Waals surface area contributed by atoms with Crippen molar-refractivity contribution in [1.29, 1.82) is 0 Å². The molecule has 0 N–H and O–H groups in total. The van der Waals surface area contributed by atoms with E-state index in [1.54, 1.807) is 11.3 Å². The number of hydrogen-bond acceptors (Lipinski definition) is 3. The summed E-state index contributed by atoms with van der Waals surface area (Å²) in [6.45, 7) is 3.20. The molecule has 0 saturated carbocycles. The number of thiazole rings is 1. The van der Waals surface area contributed by atoms with E-state index < -0.39 is 0 Å². The molecule has 3 rings (SSSR count). The highest BCUT2D eigenvalue weighted by atomic mass is 79.9. The van der Waals surface area contributed by atoms with E-state index in [-0.39, 0.29) is 0 Å². The number of rotatable bonds is 4. The second kappa shape index (κ2) is 5.43. The Morgan fingerprint density at radius 1 is 1.26 bits per heavy atom. The first kappa shape index (κ1) is 12.8. The Morgan fingerprint density at radius 2 is 2.11 bits per heavy atom. The molecule has 0 amide bonds. The zero-order valence-electron chi connectivity index (χ0n) is 10.6. The topological polar surface area (TPSA) is 30.7 Å². The van der Waals surface area contributed by atoms with Gasteiger partial charge in [0, 0.05) is 11.9 Å². The summed E-state index contributed by atoms with van der Waals surface area (Å²) in [4.78, 5) is 9.21. The molecule has 1 aromatic carbocycles. The van der Waals surface area contributed by atoms with Crippen molar-refractivity contribution in [3.8, 4) is 0 Å². The van der Waals surface area contributed by atoms with E-state index in [1.165, 1.54) is 5.52 Å². The van der Waals surface area contributed by atoms with E-state index in [1.807, 2.05) is 11.4 Å². The molecule has 0 aliphatic carbocycles. The molecule has 3 aromatic rings. The highest BCUT2D eigenvalue weighted by Gasteiger charge is 2.11. The van der Waals surface area contributed by atoms with Crippen LogP contribution in [0, 0.1) is 0 Å². The molecule has 2 aromatic heterocycles. The van der Waals surface area contributed by atoms with Gasteiger partial charge in [-0.2, -0.15) is 0 Å². The van der Waals surface area contributed by atoms with Gasteiger partial charge in [-0.25, -0.2) is 9.97 Å². The monoisotopic (exact) mass is 335 g/mol. The third-order valence-corrected chi connectivity index (χ3v) is 4.57. The highest BCUT2D eigenvalue weighted by molar-refractivity contribution is 9.10. The predicted octanol–water partition coefficient (Wildman–Crippen LogP) is 4.26. The van der Waals surface area contributed by atoms with Crippen molar-refractivity contribution in [2.24, 2.45) is 0 Å². The zero-order chi connectivity index (χ0) is 13.2. The average molecular weight is 336 g/mol. The maximum atomic E-state index is 4.75. The van der Waals surface area contributed by atoms with Crippen molar-refractivity contribution >= 4 is 38.3 Å². The molecule has 0 bridgehead atoms. The van der Waals surface area contributed by atoms with Gasteiger partial charge in [0.15, 0.2) is 0 Å². The van der Waals surface area contributed by atoms with Gasteiger partial charge in [-0.3, -0.25) is 0 Å². The smallest absolute Gasteiger partial charge is 0.117 e. The van der Waals surface area contributed by atoms with Crippen LogP contribution in [0.4, 0.5) is 0 Å². The van der Waals surface area contributed by atoms with Crippen LogP contribution in [-0.4, -0.2) is 14.5 Å². The van der Waals surface area contributed by atoms with Crippen molar-refractivity contribution in [2.45, 2.75) is 26.3 Å². The first-order chi connectivity index (χ1) is 9.28. The minimum atomic E-state index is 0.797. The third-order valence-electron chi connectivity index (χ3n) is 3.01. The summed E-state index contributed by atoms with van der Waals surface area (Å²) in [5, 5.41) is 3.11. The van der Waals surface area contributed by atoms with Gasteiger partial charge >= 0.3 is 0 Å². The van der Waals surface area contributed by atoms with Gasteiger partial charge in [0.25, 0.3) is 0 Å². The van der Waals surface area contributed by atoms with Crippen LogP contribution in [0.15, 0.2) is 34.2 Å². The number of para-hydroxylation sites is 2. The molecule has 0 aliphatic rings. The van der Waals surface area contributed by atoms with E-state index in [0.717, 1.165) is 40.3 Å².